The number of aromatic nitrogens is 1. The Labute approximate surface area is 225 Å². The number of fused-ring (bicyclic) bond motifs is 1. The van der Waals surface area contributed by atoms with E-state index in [0.717, 1.165) is 55.8 Å². The van der Waals surface area contributed by atoms with E-state index >= 15 is 0 Å². The maximum atomic E-state index is 13.4. The molecule has 7 nitrogen and oxygen atoms in total. The summed E-state index contributed by atoms with van der Waals surface area (Å²) in [5.74, 6) is 1.40. The summed E-state index contributed by atoms with van der Waals surface area (Å²) in [7, 11) is 0. The summed E-state index contributed by atoms with van der Waals surface area (Å²) in [6.07, 6.45) is 7.89. The number of carboxylic acids is 1. The first-order chi connectivity index (χ1) is 18.3. The Balaban J connectivity index is 1.15. The van der Waals surface area contributed by atoms with Gasteiger partial charge in [-0.2, -0.15) is 0 Å². The van der Waals surface area contributed by atoms with Crippen molar-refractivity contribution in [2.24, 2.45) is 0 Å². The Morgan fingerprint density at radius 2 is 1.68 bits per heavy atom. The minimum absolute atomic E-state index is 0.0722. The predicted molar refractivity (Wildman–Crippen MR) is 145 cm³/mol. The molecule has 1 aromatic heterocycles. The van der Waals surface area contributed by atoms with Crippen LogP contribution < -0.4 is 4.74 Å². The average molecular weight is 518 g/mol. The summed E-state index contributed by atoms with van der Waals surface area (Å²) in [6, 6.07) is 6.52. The van der Waals surface area contributed by atoms with Crippen molar-refractivity contribution >= 4 is 11.9 Å². The van der Waals surface area contributed by atoms with Gasteiger partial charge < -0.3 is 14.7 Å². The summed E-state index contributed by atoms with van der Waals surface area (Å²) in [4.78, 5) is 33.9. The number of benzene rings is 1. The molecule has 0 radical (unpaired) electrons. The fourth-order valence-electron chi connectivity index (χ4n) is 6.35. The molecule has 1 aromatic carbocycles. The van der Waals surface area contributed by atoms with Crippen molar-refractivity contribution in [2.75, 3.05) is 19.6 Å². The van der Waals surface area contributed by atoms with Crippen LogP contribution in [0.4, 0.5) is 0 Å². The zero-order valence-electron chi connectivity index (χ0n) is 22.8. The van der Waals surface area contributed by atoms with E-state index < -0.39 is 5.97 Å². The highest BCUT2D eigenvalue weighted by molar-refractivity contribution is 5.99. The molecular weight excluding hydrogens is 478 g/mol. The number of nitrogens with zero attached hydrogens (tertiary/aromatic N) is 3. The Hall–Kier alpha value is -2.93. The quantitative estimate of drug-likeness (QED) is 0.512. The molecule has 2 aromatic rings. The first-order valence-electron chi connectivity index (χ1n) is 14.4. The standard InChI is InChI=1S/C31H39N3O4/c1-18(2)38-29-16-26(21-6-7-21)25(20-4-5-20)14-22(29)17-33-11-8-23(9-12-33)34-13-10-28-27(30(34)35)15-24(31(36)37)19(3)32-28/h14-16,18,20-21,23H,4-13,17H2,1-3H3,(H,36,37). The van der Waals surface area contributed by atoms with Crippen LogP contribution >= 0.6 is 0 Å². The van der Waals surface area contributed by atoms with E-state index in [-0.39, 0.29) is 23.6 Å². The number of likely N-dealkylation sites (tertiary alicyclic amines) is 1. The molecule has 1 amide bonds. The second-order valence-electron chi connectivity index (χ2n) is 12.0. The topological polar surface area (TPSA) is 83.0 Å². The fourth-order valence-corrected chi connectivity index (χ4v) is 6.35. The van der Waals surface area contributed by atoms with E-state index in [1.165, 1.54) is 42.9 Å². The van der Waals surface area contributed by atoms with Gasteiger partial charge in [0.15, 0.2) is 0 Å². The van der Waals surface area contributed by atoms with Gasteiger partial charge in [0.1, 0.15) is 5.75 Å². The minimum atomic E-state index is -1.04. The molecule has 4 aliphatic rings. The molecule has 202 valence electrons. The summed E-state index contributed by atoms with van der Waals surface area (Å²) < 4.78 is 6.33. The molecule has 2 saturated carbocycles. The molecule has 2 aliphatic carbocycles. The number of amides is 1. The van der Waals surface area contributed by atoms with Crippen LogP contribution in [-0.4, -0.2) is 63.5 Å². The van der Waals surface area contributed by atoms with Gasteiger partial charge in [-0.15, -0.1) is 0 Å². The van der Waals surface area contributed by atoms with Crippen molar-refractivity contribution in [3.8, 4) is 5.75 Å². The van der Waals surface area contributed by atoms with Crippen molar-refractivity contribution in [2.45, 2.75) is 96.2 Å². The number of piperidine rings is 1. The van der Waals surface area contributed by atoms with Crippen LogP contribution in [-0.2, 0) is 13.0 Å². The fraction of sp³-hybridized carbons (Fsp3) is 0.581. The van der Waals surface area contributed by atoms with Crippen LogP contribution in [0.2, 0.25) is 0 Å². The molecule has 1 N–H and O–H groups in total. The van der Waals surface area contributed by atoms with E-state index in [9.17, 15) is 14.7 Å². The Kier molecular flexibility index (Phi) is 6.67. The van der Waals surface area contributed by atoms with Crippen molar-refractivity contribution < 1.29 is 19.4 Å². The Morgan fingerprint density at radius 3 is 2.29 bits per heavy atom. The minimum Gasteiger partial charge on any atom is -0.491 e. The highest BCUT2D eigenvalue weighted by Crippen LogP contribution is 2.51. The molecule has 2 aliphatic heterocycles. The molecule has 0 bridgehead atoms. The zero-order chi connectivity index (χ0) is 26.6. The summed E-state index contributed by atoms with van der Waals surface area (Å²) >= 11 is 0. The van der Waals surface area contributed by atoms with E-state index in [4.69, 9.17) is 4.74 Å². The number of hydrogen-bond donors (Lipinski definition) is 1. The third kappa shape index (κ3) is 5.05. The predicted octanol–water partition coefficient (Wildman–Crippen LogP) is 5.29. The molecule has 0 spiro atoms. The number of rotatable bonds is 8. The van der Waals surface area contributed by atoms with E-state index in [0.29, 0.717) is 24.2 Å². The van der Waals surface area contributed by atoms with E-state index in [1.54, 1.807) is 12.5 Å². The zero-order valence-corrected chi connectivity index (χ0v) is 22.8. The molecular formula is C31H39N3O4. The van der Waals surface area contributed by atoms with Crippen LogP contribution in [0.1, 0.15) is 113 Å². The molecule has 3 fully saturated rings. The third-order valence-corrected chi connectivity index (χ3v) is 8.66. The number of carbonyl (C=O) groups is 2. The lowest BCUT2D eigenvalue weighted by atomic mass is 9.94. The molecule has 1 saturated heterocycles. The molecule has 0 atom stereocenters. The van der Waals surface area contributed by atoms with Gasteiger partial charge in [0, 0.05) is 44.2 Å². The summed E-state index contributed by atoms with van der Waals surface area (Å²) in [5.41, 5.74) is 6.17. The van der Waals surface area contributed by atoms with Gasteiger partial charge in [-0.1, -0.05) is 6.07 Å². The number of carboxylic acid groups (broad SMARTS) is 1. The van der Waals surface area contributed by atoms with Crippen LogP contribution in [0.25, 0.3) is 0 Å². The van der Waals surface area contributed by atoms with Crippen LogP contribution in [0, 0.1) is 6.92 Å². The van der Waals surface area contributed by atoms with Gasteiger partial charge in [-0.25, -0.2) is 4.79 Å². The lowest BCUT2D eigenvalue weighted by Gasteiger charge is -2.40. The molecule has 7 heteroatoms. The average Bonchev–Trinajstić information content (AvgIpc) is 3.79. The van der Waals surface area contributed by atoms with Gasteiger partial charge >= 0.3 is 5.97 Å². The van der Waals surface area contributed by atoms with Crippen molar-refractivity contribution in [3.05, 3.63) is 57.4 Å². The van der Waals surface area contributed by atoms with Crippen molar-refractivity contribution in [3.63, 3.8) is 0 Å². The first kappa shape index (κ1) is 25.4. The van der Waals surface area contributed by atoms with Crippen LogP contribution in [0.5, 0.6) is 5.75 Å². The van der Waals surface area contributed by atoms with Crippen LogP contribution in [0.15, 0.2) is 18.2 Å². The van der Waals surface area contributed by atoms with Gasteiger partial charge in [-0.3, -0.25) is 14.7 Å². The lowest BCUT2D eigenvalue weighted by molar-refractivity contribution is 0.0542. The van der Waals surface area contributed by atoms with Crippen molar-refractivity contribution in [1.82, 2.24) is 14.8 Å². The number of ether oxygens (including phenoxy) is 1. The van der Waals surface area contributed by atoms with E-state index in [1.807, 2.05) is 4.90 Å². The number of hydrogen-bond acceptors (Lipinski definition) is 5. The maximum Gasteiger partial charge on any atom is 0.337 e. The number of pyridine rings is 1. The van der Waals surface area contributed by atoms with Crippen molar-refractivity contribution in [1.29, 1.82) is 0 Å². The number of carbonyl (C=O) groups excluding carboxylic acids is 1. The lowest BCUT2D eigenvalue weighted by Crippen LogP contribution is -2.50. The van der Waals surface area contributed by atoms with Gasteiger partial charge in [0.25, 0.3) is 5.91 Å². The highest BCUT2D eigenvalue weighted by atomic mass is 16.5. The van der Waals surface area contributed by atoms with Gasteiger partial charge in [0.05, 0.1) is 28.6 Å². The highest BCUT2D eigenvalue weighted by Gasteiger charge is 2.36. The van der Waals surface area contributed by atoms with E-state index in [2.05, 4.69) is 35.9 Å². The SMILES string of the molecule is Cc1nc2c(cc1C(=O)O)C(=O)N(C1CCN(Cc3cc(C4CC4)c(C4CC4)cc3OC(C)C)CC1)CC2. The summed E-state index contributed by atoms with van der Waals surface area (Å²) in [5, 5.41) is 9.50. The summed E-state index contributed by atoms with van der Waals surface area (Å²) in [6.45, 7) is 9.28. The third-order valence-electron chi connectivity index (χ3n) is 8.66. The van der Waals surface area contributed by atoms with Crippen LogP contribution in [0.3, 0.4) is 0 Å². The molecule has 38 heavy (non-hydrogen) atoms. The monoisotopic (exact) mass is 517 g/mol. The smallest absolute Gasteiger partial charge is 0.337 e. The number of aromatic carboxylic acids is 1. The largest absolute Gasteiger partial charge is 0.491 e. The maximum absolute atomic E-state index is 13.4. The van der Waals surface area contributed by atoms with Gasteiger partial charge in [-0.05, 0) is 94.4 Å². The normalized spacial score (nSPS) is 20.6. The second kappa shape index (κ2) is 9.99. The Bertz CT molecular complexity index is 1260. The number of aryl methyl sites for hydroxylation is 1. The van der Waals surface area contributed by atoms with Gasteiger partial charge in [0.2, 0.25) is 0 Å². The molecule has 6 rings (SSSR count). The first-order valence-corrected chi connectivity index (χ1v) is 14.4. The second-order valence-corrected chi connectivity index (χ2v) is 12.0. The molecule has 0 unspecified atom stereocenters. The Morgan fingerprint density at radius 1 is 1.03 bits per heavy atom. The molecule has 3 heterocycles.